The largest absolute Gasteiger partial charge is 0.457 e. The monoisotopic (exact) mass is 512 g/mol. The minimum atomic E-state index is -0.289. The average molecular weight is 513 g/mol. The quantitative estimate of drug-likeness (QED) is 0.182. The summed E-state index contributed by atoms with van der Waals surface area (Å²) in [6.45, 7) is 4.35. The van der Waals surface area contributed by atoms with Crippen molar-refractivity contribution in [2.75, 3.05) is 0 Å². The zero-order valence-electron chi connectivity index (χ0n) is 22.6. The Kier molecular flexibility index (Phi) is 6.15. The fourth-order valence-electron chi connectivity index (χ4n) is 8.38. The number of fused-ring (bicyclic) bond motifs is 1. The molecule has 0 atom stereocenters. The lowest BCUT2D eigenvalue weighted by atomic mass is 9.47. The number of hydrogen-bond acceptors (Lipinski definition) is 2. The van der Waals surface area contributed by atoms with E-state index in [0.29, 0.717) is 11.0 Å². The van der Waals surface area contributed by atoms with E-state index in [4.69, 9.17) is 4.74 Å². The number of hydrogen-bond donors (Lipinski definition) is 0. The van der Waals surface area contributed by atoms with Gasteiger partial charge in [-0.1, -0.05) is 72.8 Å². The molecule has 4 saturated carbocycles. The number of allylic oxidation sites excluding steroid dienone is 1. The van der Waals surface area contributed by atoms with Crippen LogP contribution >= 0.6 is 0 Å². The zero-order valence-corrected chi connectivity index (χ0v) is 22.6. The molecular formula is C37H36O2. The molecule has 0 aromatic heterocycles. The summed E-state index contributed by atoms with van der Waals surface area (Å²) >= 11 is 0. The molecule has 4 bridgehead atoms. The molecule has 0 N–H and O–H groups in total. The van der Waals surface area contributed by atoms with E-state index in [-0.39, 0.29) is 12.6 Å². The maximum Gasteiger partial charge on any atom is 0.338 e. The molecular weight excluding hydrogens is 476 g/mol. The van der Waals surface area contributed by atoms with Crippen molar-refractivity contribution in [3.05, 3.63) is 120 Å². The third-order valence-electron chi connectivity index (χ3n) is 9.71. The molecule has 2 heteroatoms. The van der Waals surface area contributed by atoms with Gasteiger partial charge in [-0.25, -0.2) is 4.79 Å². The fourth-order valence-corrected chi connectivity index (χ4v) is 8.38. The highest BCUT2D eigenvalue weighted by molar-refractivity contribution is 5.96. The Balaban J connectivity index is 1.17. The topological polar surface area (TPSA) is 26.3 Å². The summed E-state index contributed by atoms with van der Waals surface area (Å²) in [5, 5.41) is 2.19. The van der Waals surface area contributed by atoms with Crippen LogP contribution in [0.4, 0.5) is 0 Å². The van der Waals surface area contributed by atoms with Crippen molar-refractivity contribution in [2.24, 2.45) is 17.8 Å². The molecule has 0 radical (unpaired) electrons. The number of benzene rings is 4. The normalized spacial score (nSPS) is 25.1. The maximum absolute atomic E-state index is 12.7. The molecule has 4 aromatic rings. The minimum Gasteiger partial charge on any atom is -0.457 e. The Morgan fingerprint density at radius 2 is 1.44 bits per heavy atom. The van der Waals surface area contributed by atoms with E-state index < -0.39 is 0 Å². The van der Waals surface area contributed by atoms with Crippen LogP contribution in [0.25, 0.3) is 21.9 Å². The SMILES string of the molecule is C=CCc1ccc(-c2ccc3cc(C(=O)OCc4ccccc4)ccc3c2)cc1C12CC3CC(CC(C3)C1)C2. The predicted octanol–water partition coefficient (Wildman–Crippen LogP) is 9.06. The van der Waals surface area contributed by atoms with Crippen molar-refractivity contribution >= 4 is 16.7 Å². The van der Waals surface area contributed by atoms with Crippen molar-refractivity contribution in [3.8, 4) is 11.1 Å². The summed E-state index contributed by atoms with van der Waals surface area (Å²) in [6.07, 6.45) is 11.5. The third-order valence-corrected chi connectivity index (χ3v) is 9.71. The molecule has 0 unspecified atom stereocenters. The van der Waals surface area contributed by atoms with E-state index in [0.717, 1.165) is 40.5 Å². The van der Waals surface area contributed by atoms with Gasteiger partial charge in [0.1, 0.15) is 6.61 Å². The van der Waals surface area contributed by atoms with Crippen LogP contribution in [0.1, 0.15) is 65.6 Å². The lowest BCUT2D eigenvalue weighted by molar-refractivity contribution is -0.00551. The van der Waals surface area contributed by atoms with Crippen molar-refractivity contribution < 1.29 is 9.53 Å². The molecule has 0 spiro atoms. The van der Waals surface area contributed by atoms with Gasteiger partial charge < -0.3 is 4.74 Å². The van der Waals surface area contributed by atoms with Crippen LogP contribution < -0.4 is 0 Å². The Morgan fingerprint density at radius 3 is 2.15 bits per heavy atom. The molecule has 0 saturated heterocycles. The predicted molar refractivity (Wildman–Crippen MR) is 159 cm³/mol. The van der Waals surface area contributed by atoms with Gasteiger partial charge in [-0.15, -0.1) is 6.58 Å². The first-order chi connectivity index (χ1) is 19.1. The molecule has 39 heavy (non-hydrogen) atoms. The summed E-state index contributed by atoms with van der Waals surface area (Å²) in [7, 11) is 0. The molecule has 4 aromatic carbocycles. The van der Waals surface area contributed by atoms with Crippen LogP contribution in [0.5, 0.6) is 0 Å². The van der Waals surface area contributed by atoms with Gasteiger partial charge in [-0.2, -0.15) is 0 Å². The highest BCUT2D eigenvalue weighted by Gasteiger charge is 2.52. The zero-order chi connectivity index (χ0) is 26.4. The van der Waals surface area contributed by atoms with Gasteiger partial charge in [0, 0.05) is 0 Å². The van der Waals surface area contributed by atoms with Gasteiger partial charge in [-0.3, -0.25) is 0 Å². The smallest absolute Gasteiger partial charge is 0.338 e. The number of esters is 1. The van der Waals surface area contributed by atoms with E-state index in [1.54, 1.807) is 5.56 Å². The Bertz CT molecular complexity index is 1510. The van der Waals surface area contributed by atoms with Crippen LogP contribution in [-0.2, 0) is 23.2 Å². The van der Waals surface area contributed by atoms with E-state index in [9.17, 15) is 4.79 Å². The van der Waals surface area contributed by atoms with Crippen molar-refractivity contribution in [1.29, 1.82) is 0 Å². The van der Waals surface area contributed by atoms with E-state index in [1.165, 1.54) is 55.2 Å². The summed E-state index contributed by atoms with van der Waals surface area (Å²) in [5.74, 6) is 2.48. The first kappa shape index (κ1) is 24.4. The summed E-state index contributed by atoms with van der Waals surface area (Å²) < 4.78 is 5.55. The standard InChI is InChI=1S/C37H36O2/c1-2-6-29-9-10-33(20-35(29)37-21-26-15-27(22-37)17-28(16-26)23-37)31-11-12-32-19-34(14-13-30(32)18-31)36(38)39-24-25-7-4-3-5-8-25/h2-5,7-14,18-20,26-28H,1,6,15-17,21-24H2. The van der Waals surface area contributed by atoms with Crippen molar-refractivity contribution in [1.82, 2.24) is 0 Å². The Morgan fingerprint density at radius 1 is 0.795 bits per heavy atom. The highest BCUT2D eigenvalue weighted by Crippen LogP contribution is 2.61. The second-order valence-corrected chi connectivity index (χ2v) is 12.4. The van der Waals surface area contributed by atoms with Crippen LogP contribution in [0.15, 0.2) is 97.6 Å². The molecule has 196 valence electrons. The van der Waals surface area contributed by atoms with E-state index >= 15 is 0 Å². The molecule has 0 amide bonds. The van der Waals surface area contributed by atoms with Gasteiger partial charge in [0.2, 0.25) is 0 Å². The maximum atomic E-state index is 12.7. The van der Waals surface area contributed by atoms with Crippen LogP contribution in [0, 0.1) is 17.8 Å². The lowest BCUT2D eigenvalue weighted by Crippen LogP contribution is -2.48. The first-order valence-electron chi connectivity index (χ1n) is 14.6. The van der Waals surface area contributed by atoms with Crippen LogP contribution in [0.3, 0.4) is 0 Å². The molecule has 8 rings (SSSR count). The molecule has 4 aliphatic rings. The number of rotatable bonds is 7. The second kappa shape index (κ2) is 9.83. The lowest BCUT2D eigenvalue weighted by Gasteiger charge is -2.57. The summed E-state index contributed by atoms with van der Waals surface area (Å²) in [4.78, 5) is 12.7. The van der Waals surface area contributed by atoms with Gasteiger partial charge in [0.15, 0.2) is 0 Å². The van der Waals surface area contributed by atoms with Gasteiger partial charge in [0.05, 0.1) is 5.56 Å². The fraction of sp³-hybridized carbons (Fsp3) is 0.324. The molecule has 0 heterocycles. The van der Waals surface area contributed by atoms with Crippen LogP contribution in [0.2, 0.25) is 0 Å². The van der Waals surface area contributed by atoms with E-state index in [1.807, 2.05) is 48.5 Å². The molecule has 4 fully saturated rings. The number of carbonyl (C=O) groups excluding carboxylic acids is 1. The molecule has 2 nitrogen and oxygen atoms in total. The van der Waals surface area contributed by atoms with Crippen molar-refractivity contribution in [3.63, 3.8) is 0 Å². The van der Waals surface area contributed by atoms with Crippen LogP contribution in [-0.4, -0.2) is 5.97 Å². The third kappa shape index (κ3) is 4.61. The number of carbonyl (C=O) groups is 1. The highest BCUT2D eigenvalue weighted by atomic mass is 16.5. The number of ether oxygens (including phenoxy) is 1. The van der Waals surface area contributed by atoms with E-state index in [2.05, 4.69) is 49.1 Å². The summed E-state index contributed by atoms with van der Waals surface area (Å²) in [5.41, 5.74) is 7.52. The van der Waals surface area contributed by atoms with Gasteiger partial charge in [-0.05, 0) is 125 Å². The molecule has 4 aliphatic carbocycles. The average Bonchev–Trinajstić information content (AvgIpc) is 2.95. The minimum absolute atomic E-state index is 0.282. The summed E-state index contributed by atoms with van der Waals surface area (Å²) in [6, 6.07) is 29.4. The Labute approximate surface area is 231 Å². The van der Waals surface area contributed by atoms with Gasteiger partial charge in [0.25, 0.3) is 0 Å². The van der Waals surface area contributed by atoms with Crippen molar-refractivity contribution in [2.45, 2.75) is 57.0 Å². The first-order valence-corrected chi connectivity index (χ1v) is 14.6. The Hall–Kier alpha value is -3.65. The molecule has 0 aliphatic heterocycles. The van der Waals surface area contributed by atoms with Gasteiger partial charge >= 0.3 is 5.97 Å². The second-order valence-electron chi connectivity index (χ2n) is 12.4.